The third-order valence-corrected chi connectivity index (χ3v) is 6.16. The van der Waals surface area contributed by atoms with Crippen LogP contribution in [0.25, 0.3) is 0 Å². The minimum absolute atomic E-state index is 0.203. The van der Waals surface area contributed by atoms with E-state index in [1.807, 2.05) is 18.7 Å². The van der Waals surface area contributed by atoms with Crippen LogP contribution >= 0.6 is 0 Å². The van der Waals surface area contributed by atoms with Crippen molar-refractivity contribution in [3.8, 4) is 0 Å². The van der Waals surface area contributed by atoms with Crippen molar-refractivity contribution < 1.29 is 4.79 Å². The standard InChI is InChI=1S/C20H33N5O2/c1-15-18(16(2)22-20(27)21-15)7-8-19(26)25-12-10-24(11-13-25)14-17-6-4-5-9-23(17)3/h17H,4-14H2,1-3H3,(H,21,22,27). The summed E-state index contributed by atoms with van der Waals surface area (Å²) in [5.41, 5.74) is 2.22. The Hall–Kier alpha value is -1.73. The van der Waals surface area contributed by atoms with E-state index < -0.39 is 0 Å². The molecule has 3 heterocycles. The molecule has 0 bridgehead atoms. The highest BCUT2D eigenvalue weighted by Crippen LogP contribution is 2.17. The zero-order valence-corrected chi connectivity index (χ0v) is 17.0. The van der Waals surface area contributed by atoms with Crippen molar-refractivity contribution >= 4 is 5.91 Å². The Morgan fingerprint density at radius 3 is 2.56 bits per heavy atom. The first-order chi connectivity index (χ1) is 12.9. The van der Waals surface area contributed by atoms with Crippen LogP contribution in [-0.4, -0.2) is 82.9 Å². The lowest BCUT2D eigenvalue weighted by Gasteiger charge is -2.40. The molecule has 7 heteroatoms. The molecule has 0 spiro atoms. The quantitative estimate of drug-likeness (QED) is 0.830. The SMILES string of the molecule is Cc1nc(=O)[nH]c(C)c1CCC(=O)N1CCN(CC2CCCCN2C)CC1. The number of nitrogens with zero attached hydrogens (tertiary/aromatic N) is 4. The van der Waals surface area contributed by atoms with Crippen molar-refractivity contribution in [2.24, 2.45) is 0 Å². The Labute approximate surface area is 161 Å². The van der Waals surface area contributed by atoms with Crippen LogP contribution in [0.4, 0.5) is 0 Å². The van der Waals surface area contributed by atoms with E-state index in [1.165, 1.54) is 25.8 Å². The van der Waals surface area contributed by atoms with Crippen molar-refractivity contribution in [3.05, 3.63) is 27.4 Å². The van der Waals surface area contributed by atoms with E-state index in [0.717, 1.165) is 49.7 Å². The van der Waals surface area contributed by atoms with Gasteiger partial charge in [-0.15, -0.1) is 0 Å². The second-order valence-corrected chi connectivity index (χ2v) is 8.04. The number of carbonyl (C=O) groups is 1. The lowest BCUT2D eigenvalue weighted by molar-refractivity contribution is -0.133. The molecule has 2 aliphatic heterocycles. The molecular formula is C20H33N5O2. The number of aromatic nitrogens is 2. The second kappa shape index (κ2) is 8.97. The maximum absolute atomic E-state index is 12.6. The van der Waals surface area contributed by atoms with Crippen molar-refractivity contribution in [1.82, 2.24) is 24.7 Å². The number of likely N-dealkylation sites (N-methyl/N-ethyl adjacent to an activating group) is 1. The summed E-state index contributed by atoms with van der Waals surface area (Å²) in [6.07, 6.45) is 5.06. The van der Waals surface area contributed by atoms with Gasteiger partial charge < -0.3 is 14.8 Å². The first kappa shape index (κ1) is 20.0. The van der Waals surface area contributed by atoms with Crippen molar-refractivity contribution in [2.45, 2.75) is 52.0 Å². The van der Waals surface area contributed by atoms with E-state index in [-0.39, 0.29) is 11.6 Å². The highest BCUT2D eigenvalue weighted by Gasteiger charge is 2.25. The molecule has 1 aromatic rings. The summed E-state index contributed by atoms with van der Waals surface area (Å²) in [5, 5.41) is 0. The number of amides is 1. The zero-order valence-electron chi connectivity index (χ0n) is 17.0. The van der Waals surface area contributed by atoms with E-state index >= 15 is 0 Å². The van der Waals surface area contributed by atoms with Gasteiger partial charge in [0.2, 0.25) is 5.91 Å². The number of piperidine rings is 1. The fourth-order valence-corrected chi connectivity index (χ4v) is 4.37. The van der Waals surface area contributed by atoms with Crippen LogP contribution in [0.5, 0.6) is 0 Å². The number of hydrogen-bond donors (Lipinski definition) is 1. The molecule has 2 saturated heterocycles. The van der Waals surface area contributed by atoms with Gasteiger partial charge in [-0.3, -0.25) is 9.69 Å². The molecule has 1 atom stereocenters. The van der Waals surface area contributed by atoms with E-state index in [0.29, 0.717) is 18.9 Å². The van der Waals surface area contributed by atoms with Crippen molar-refractivity contribution in [3.63, 3.8) is 0 Å². The normalized spacial score (nSPS) is 22.2. The molecule has 7 nitrogen and oxygen atoms in total. The summed E-state index contributed by atoms with van der Waals surface area (Å²) in [4.78, 5) is 37.7. The van der Waals surface area contributed by atoms with Crippen molar-refractivity contribution in [1.29, 1.82) is 0 Å². The van der Waals surface area contributed by atoms with Gasteiger partial charge in [0.25, 0.3) is 0 Å². The molecule has 0 aromatic carbocycles. The minimum atomic E-state index is -0.320. The molecule has 0 aliphatic carbocycles. The van der Waals surface area contributed by atoms with Gasteiger partial charge in [-0.25, -0.2) is 4.79 Å². The Kier molecular flexibility index (Phi) is 6.65. The van der Waals surface area contributed by atoms with Crippen LogP contribution < -0.4 is 5.69 Å². The largest absolute Gasteiger partial charge is 0.345 e. The predicted octanol–water partition coefficient (Wildman–Crippen LogP) is 0.948. The van der Waals surface area contributed by atoms with Crippen LogP contribution in [0.1, 0.15) is 42.6 Å². The first-order valence-corrected chi connectivity index (χ1v) is 10.2. The maximum Gasteiger partial charge on any atom is 0.345 e. The monoisotopic (exact) mass is 375 g/mol. The van der Waals surface area contributed by atoms with E-state index in [1.54, 1.807) is 0 Å². The zero-order chi connectivity index (χ0) is 19.4. The predicted molar refractivity (Wildman–Crippen MR) is 106 cm³/mol. The lowest BCUT2D eigenvalue weighted by Crippen LogP contribution is -2.53. The van der Waals surface area contributed by atoms with Gasteiger partial charge in [0.05, 0.1) is 0 Å². The third-order valence-electron chi connectivity index (χ3n) is 6.16. The number of aryl methyl sites for hydroxylation is 2. The van der Waals surface area contributed by atoms with Gasteiger partial charge in [0, 0.05) is 56.6 Å². The van der Waals surface area contributed by atoms with Crippen molar-refractivity contribution in [2.75, 3.05) is 46.3 Å². The number of hydrogen-bond acceptors (Lipinski definition) is 5. The topological polar surface area (TPSA) is 72.5 Å². The smallest absolute Gasteiger partial charge is 0.340 e. The molecule has 150 valence electrons. The van der Waals surface area contributed by atoms with Gasteiger partial charge >= 0.3 is 5.69 Å². The van der Waals surface area contributed by atoms with Gasteiger partial charge in [0.1, 0.15) is 0 Å². The van der Waals surface area contributed by atoms with Gasteiger partial charge in [-0.05, 0) is 52.3 Å². The third kappa shape index (κ3) is 5.17. The van der Waals surface area contributed by atoms with Crippen LogP contribution in [-0.2, 0) is 11.2 Å². The molecule has 0 radical (unpaired) electrons. The molecule has 1 amide bonds. The van der Waals surface area contributed by atoms with E-state index in [2.05, 4.69) is 26.8 Å². The summed E-state index contributed by atoms with van der Waals surface area (Å²) in [5.74, 6) is 0.203. The minimum Gasteiger partial charge on any atom is -0.340 e. The summed E-state index contributed by atoms with van der Waals surface area (Å²) >= 11 is 0. The molecule has 0 saturated carbocycles. The van der Waals surface area contributed by atoms with E-state index in [9.17, 15) is 9.59 Å². The number of piperazine rings is 1. The number of nitrogens with one attached hydrogen (secondary N) is 1. The summed E-state index contributed by atoms with van der Waals surface area (Å²) in [6.45, 7) is 9.61. The summed E-state index contributed by atoms with van der Waals surface area (Å²) in [7, 11) is 2.24. The molecule has 2 fully saturated rings. The summed E-state index contributed by atoms with van der Waals surface area (Å²) < 4.78 is 0. The molecule has 3 rings (SSSR count). The van der Waals surface area contributed by atoms with Crippen LogP contribution in [0.15, 0.2) is 4.79 Å². The molecular weight excluding hydrogens is 342 g/mol. The lowest BCUT2D eigenvalue weighted by atomic mass is 10.0. The highest BCUT2D eigenvalue weighted by atomic mass is 16.2. The van der Waals surface area contributed by atoms with E-state index in [4.69, 9.17) is 0 Å². The number of aromatic amines is 1. The average molecular weight is 376 g/mol. The molecule has 27 heavy (non-hydrogen) atoms. The molecule has 1 aromatic heterocycles. The second-order valence-electron chi connectivity index (χ2n) is 8.04. The van der Waals surface area contributed by atoms with Gasteiger partial charge in [-0.2, -0.15) is 4.98 Å². The summed E-state index contributed by atoms with van der Waals surface area (Å²) in [6, 6.07) is 0.666. The molecule has 2 aliphatic rings. The Balaban J connectivity index is 1.45. The van der Waals surface area contributed by atoms with Gasteiger partial charge in [0.15, 0.2) is 0 Å². The Morgan fingerprint density at radius 1 is 1.15 bits per heavy atom. The molecule has 1 unspecified atom stereocenters. The Morgan fingerprint density at radius 2 is 1.89 bits per heavy atom. The first-order valence-electron chi connectivity index (χ1n) is 10.2. The fraction of sp³-hybridized carbons (Fsp3) is 0.750. The number of likely N-dealkylation sites (tertiary alicyclic amines) is 1. The number of H-pyrrole nitrogens is 1. The maximum atomic E-state index is 12.6. The Bertz CT molecular complexity index is 683. The van der Waals surface area contributed by atoms with Crippen LogP contribution in [0, 0.1) is 13.8 Å². The highest BCUT2D eigenvalue weighted by molar-refractivity contribution is 5.76. The van der Waals surface area contributed by atoms with Crippen LogP contribution in [0.3, 0.4) is 0 Å². The van der Waals surface area contributed by atoms with Gasteiger partial charge in [-0.1, -0.05) is 6.42 Å². The number of carbonyl (C=O) groups excluding carboxylic acids is 1. The average Bonchev–Trinajstić information content (AvgIpc) is 2.63. The number of rotatable bonds is 5. The fourth-order valence-electron chi connectivity index (χ4n) is 4.37. The van der Waals surface area contributed by atoms with Crippen LogP contribution in [0.2, 0.25) is 0 Å². The molecule has 1 N–H and O–H groups in total.